The van der Waals surface area contributed by atoms with E-state index in [9.17, 15) is 19.1 Å². The van der Waals surface area contributed by atoms with E-state index in [2.05, 4.69) is 10.3 Å². The number of fused-ring (bicyclic) bond motifs is 1. The van der Waals surface area contributed by atoms with Crippen LogP contribution in [0.25, 0.3) is 32.7 Å². The molecule has 2 aliphatic rings. The van der Waals surface area contributed by atoms with Gasteiger partial charge in [-0.3, -0.25) is 9.36 Å². The van der Waals surface area contributed by atoms with E-state index in [1.807, 2.05) is 36.4 Å². The second-order valence-corrected chi connectivity index (χ2v) is 11.8. The smallest absolute Gasteiger partial charge is 0.391 e. The quantitative estimate of drug-likeness (QED) is 0.268. The molecule has 2 aromatic heterocycles. The first-order valence-electron chi connectivity index (χ1n) is 12.1. The Labute approximate surface area is 216 Å². The van der Waals surface area contributed by atoms with Crippen LogP contribution in [0.4, 0.5) is 5.13 Å². The van der Waals surface area contributed by atoms with Crippen molar-refractivity contribution in [3.8, 4) is 28.2 Å². The molecule has 1 aliphatic heterocycles. The molecule has 37 heavy (non-hydrogen) atoms. The predicted octanol–water partition coefficient (Wildman–Crippen LogP) is 4.93. The maximum atomic E-state index is 12.2. The normalized spacial score (nSPS) is 17.8. The number of aromatic nitrogens is 1. The lowest BCUT2D eigenvalue weighted by Crippen LogP contribution is -2.16. The summed E-state index contributed by atoms with van der Waals surface area (Å²) in [5.41, 5.74) is 2.70. The summed E-state index contributed by atoms with van der Waals surface area (Å²) in [6, 6.07) is 14.2. The van der Waals surface area contributed by atoms with Gasteiger partial charge in [0.05, 0.1) is 21.9 Å². The minimum atomic E-state index is -4.55. The Morgan fingerprint density at radius 2 is 2.00 bits per heavy atom. The summed E-state index contributed by atoms with van der Waals surface area (Å²) in [4.78, 5) is 35.9. The maximum absolute atomic E-state index is 12.2. The standard InChI is InChI=1S/C26H25N2O7PS/c29-25(15-6-7-15)28-26-27-20-5-1-4-18(24(20)37-26)16-8-9-21(34-14-17-3-2-12-33-17)19(13-16)22-10-11-23(35-22)36(30,31)32/h1,4-5,8-11,13,15,17H,2-3,6-7,12,14H2,(H,27,28,29)(H2,30,31,32). The van der Waals surface area contributed by atoms with Gasteiger partial charge in [0.25, 0.3) is 0 Å². The Morgan fingerprint density at radius 3 is 2.73 bits per heavy atom. The molecule has 2 aromatic carbocycles. The number of hydrogen-bond donors (Lipinski definition) is 3. The number of ether oxygens (including phenoxy) is 2. The van der Waals surface area contributed by atoms with E-state index in [0.29, 0.717) is 29.7 Å². The van der Waals surface area contributed by atoms with E-state index < -0.39 is 13.1 Å². The molecule has 3 heterocycles. The summed E-state index contributed by atoms with van der Waals surface area (Å²) in [5, 5.41) is 3.49. The third-order valence-corrected chi connectivity index (χ3v) is 8.31. The zero-order valence-corrected chi connectivity index (χ0v) is 21.5. The number of carbonyl (C=O) groups excluding carboxylic acids is 1. The van der Waals surface area contributed by atoms with Gasteiger partial charge < -0.3 is 29.0 Å². The summed E-state index contributed by atoms with van der Waals surface area (Å²) in [5.74, 6) is 0.910. The molecule has 1 saturated carbocycles. The monoisotopic (exact) mass is 540 g/mol. The molecule has 1 unspecified atom stereocenters. The second-order valence-electron chi connectivity index (χ2n) is 9.28. The van der Waals surface area contributed by atoms with Gasteiger partial charge in [-0.2, -0.15) is 0 Å². The van der Waals surface area contributed by atoms with Crippen molar-refractivity contribution >= 4 is 45.7 Å². The minimum Gasteiger partial charge on any atom is -0.490 e. The molecule has 1 amide bonds. The van der Waals surface area contributed by atoms with Gasteiger partial charge in [-0.15, -0.1) is 0 Å². The molecular formula is C26H25N2O7PS. The average molecular weight is 541 g/mol. The Balaban J connectivity index is 1.38. The zero-order chi connectivity index (χ0) is 25.6. The summed E-state index contributed by atoms with van der Waals surface area (Å²) in [6.45, 7) is 1.08. The van der Waals surface area contributed by atoms with E-state index in [4.69, 9.17) is 13.9 Å². The highest BCUT2D eigenvalue weighted by atomic mass is 32.1. The maximum Gasteiger partial charge on any atom is 0.391 e. The third kappa shape index (κ3) is 5.21. The molecule has 1 saturated heterocycles. The first kappa shape index (κ1) is 24.3. The van der Waals surface area contributed by atoms with Gasteiger partial charge in [0.1, 0.15) is 18.1 Å². The molecule has 0 radical (unpaired) electrons. The van der Waals surface area contributed by atoms with Crippen molar-refractivity contribution in [2.24, 2.45) is 5.92 Å². The molecule has 11 heteroatoms. The Hall–Kier alpha value is -3.01. The number of nitrogens with zero attached hydrogens (tertiary/aromatic N) is 1. The number of furan rings is 1. The van der Waals surface area contributed by atoms with Gasteiger partial charge in [-0.1, -0.05) is 29.5 Å². The highest BCUT2D eigenvalue weighted by Crippen LogP contribution is 2.42. The van der Waals surface area contributed by atoms with E-state index in [1.54, 1.807) is 0 Å². The molecule has 2 fully saturated rings. The molecule has 6 rings (SSSR count). The van der Waals surface area contributed by atoms with Crippen LogP contribution in [-0.2, 0) is 14.1 Å². The van der Waals surface area contributed by atoms with Crippen LogP contribution in [0.15, 0.2) is 52.9 Å². The van der Waals surface area contributed by atoms with Crippen LogP contribution in [0.2, 0.25) is 0 Å². The summed E-state index contributed by atoms with van der Waals surface area (Å²) < 4.78 is 30.0. The number of nitrogens with one attached hydrogen (secondary N) is 1. The number of hydrogen-bond acceptors (Lipinski definition) is 7. The van der Waals surface area contributed by atoms with Crippen molar-refractivity contribution < 1.29 is 33.0 Å². The van der Waals surface area contributed by atoms with E-state index >= 15 is 0 Å². The van der Waals surface area contributed by atoms with E-state index in [-0.39, 0.29) is 23.7 Å². The van der Waals surface area contributed by atoms with Crippen molar-refractivity contribution in [1.29, 1.82) is 0 Å². The molecule has 9 nitrogen and oxygen atoms in total. The van der Waals surface area contributed by atoms with Gasteiger partial charge in [-0.05, 0) is 61.6 Å². The lowest BCUT2D eigenvalue weighted by Gasteiger charge is -2.15. The van der Waals surface area contributed by atoms with Crippen molar-refractivity contribution in [3.05, 3.63) is 48.5 Å². The lowest BCUT2D eigenvalue weighted by molar-refractivity contribution is -0.117. The second kappa shape index (κ2) is 9.70. The molecule has 0 bridgehead atoms. The number of thiazole rings is 1. The lowest BCUT2D eigenvalue weighted by atomic mass is 10.0. The van der Waals surface area contributed by atoms with Gasteiger partial charge in [-0.25, -0.2) is 4.98 Å². The van der Waals surface area contributed by atoms with Crippen LogP contribution in [0, 0.1) is 5.92 Å². The van der Waals surface area contributed by atoms with Crippen LogP contribution in [-0.4, -0.2) is 40.0 Å². The SMILES string of the molecule is O=C(Nc1nc2cccc(-c3ccc(OCC4CCCO4)c(-c4ccc(P(=O)(O)O)o4)c3)c2s1)C1CC1. The summed E-state index contributed by atoms with van der Waals surface area (Å²) in [7, 11) is -4.55. The van der Waals surface area contributed by atoms with Gasteiger partial charge in [0.2, 0.25) is 11.4 Å². The summed E-state index contributed by atoms with van der Waals surface area (Å²) in [6.07, 6.45) is 3.75. The van der Waals surface area contributed by atoms with Crippen molar-refractivity contribution in [2.75, 3.05) is 18.5 Å². The molecular weight excluding hydrogens is 515 g/mol. The van der Waals surface area contributed by atoms with Crippen LogP contribution >= 0.6 is 18.9 Å². The van der Waals surface area contributed by atoms with E-state index in [0.717, 1.165) is 47.0 Å². The molecule has 1 atom stereocenters. The van der Waals surface area contributed by atoms with Crippen LogP contribution in [0.3, 0.4) is 0 Å². The average Bonchev–Trinajstić information content (AvgIpc) is 3.24. The molecule has 3 N–H and O–H groups in total. The molecule has 1 aliphatic carbocycles. The number of rotatable bonds is 8. The first-order chi connectivity index (χ1) is 17.8. The Morgan fingerprint density at radius 1 is 1.14 bits per heavy atom. The van der Waals surface area contributed by atoms with Crippen molar-refractivity contribution in [3.63, 3.8) is 0 Å². The summed E-state index contributed by atoms with van der Waals surface area (Å²) >= 11 is 1.42. The predicted molar refractivity (Wildman–Crippen MR) is 140 cm³/mol. The number of amides is 1. The Bertz CT molecular complexity index is 1510. The number of anilines is 1. The largest absolute Gasteiger partial charge is 0.490 e. The highest BCUT2D eigenvalue weighted by molar-refractivity contribution is 7.59. The number of benzene rings is 2. The zero-order valence-electron chi connectivity index (χ0n) is 19.8. The number of carbonyl (C=O) groups is 1. The fourth-order valence-electron chi connectivity index (χ4n) is 4.39. The van der Waals surface area contributed by atoms with Gasteiger partial charge >= 0.3 is 7.60 Å². The van der Waals surface area contributed by atoms with Crippen molar-refractivity contribution in [1.82, 2.24) is 4.98 Å². The fraction of sp³-hybridized carbons (Fsp3) is 0.308. The van der Waals surface area contributed by atoms with Crippen LogP contribution < -0.4 is 15.6 Å². The minimum absolute atomic E-state index is 0.00463. The van der Waals surface area contributed by atoms with Crippen LogP contribution in [0.1, 0.15) is 25.7 Å². The topological polar surface area (TPSA) is 131 Å². The van der Waals surface area contributed by atoms with Crippen molar-refractivity contribution in [2.45, 2.75) is 31.8 Å². The molecule has 4 aromatic rings. The Kier molecular flexibility index (Phi) is 6.38. The first-order valence-corrected chi connectivity index (χ1v) is 14.5. The molecule has 0 spiro atoms. The van der Waals surface area contributed by atoms with Gasteiger partial charge in [0.15, 0.2) is 5.13 Å². The van der Waals surface area contributed by atoms with E-state index in [1.165, 1.54) is 23.5 Å². The fourth-order valence-corrected chi connectivity index (χ4v) is 5.88. The third-order valence-electron chi connectivity index (χ3n) is 6.48. The molecule has 192 valence electrons. The highest BCUT2D eigenvalue weighted by Gasteiger charge is 2.30. The van der Waals surface area contributed by atoms with Gasteiger partial charge in [0, 0.05) is 18.1 Å². The van der Waals surface area contributed by atoms with Crippen LogP contribution in [0.5, 0.6) is 5.75 Å².